The highest BCUT2D eigenvalue weighted by molar-refractivity contribution is 5.76. The molecule has 0 heterocycles. The molecule has 79 heavy (non-hydrogen) atoms. The van der Waals surface area contributed by atoms with Gasteiger partial charge in [0.2, 0.25) is 5.91 Å². The van der Waals surface area contributed by atoms with E-state index in [4.69, 9.17) is 4.74 Å². The molecule has 0 bridgehead atoms. The molecule has 0 aliphatic carbocycles. The van der Waals surface area contributed by atoms with Crippen molar-refractivity contribution in [1.82, 2.24) is 5.32 Å². The van der Waals surface area contributed by atoms with E-state index < -0.39 is 12.1 Å². The molecule has 6 nitrogen and oxygen atoms in total. The molecule has 0 aliphatic heterocycles. The molecule has 6 heteroatoms. The van der Waals surface area contributed by atoms with Crippen LogP contribution in [0.1, 0.15) is 393 Å². The number of nitrogens with one attached hydrogen (secondary N) is 1. The fraction of sp³-hybridized carbons (Fsp3) is 0.890. The van der Waals surface area contributed by atoms with Gasteiger partial charge in [-0.25, -0.2) is 0 Å². The fourth-order valence-corrected chi connectivity index (χ4v) is 11.2. The van der Waals surface area contributed by atoms with Gasteiger partial charge in [0.1, 0.15) is 0 Å². The lowest BCUT2D eigenvalue weighted by Crippen LogP contribution is -2.45. The monoisotopic (exact) mass is 1110 g/mol. The predicted molar refractivity (Wildman–Crippen MR) is 347 cm³/mol. The second kappa shape index (κ2) is 68.6. The van der Waals surface area contributed by atoms with Crippen molar-refractivity contribution >= 4 is 11.9 Å². The van der Waals surface area contributed by atoms with E-state index in [-0.39, 0.29) is 18.5 Å². The zero-order valence-corrected chi connectivity index (χ0v) is 53.4. The van der Waals surface area contributed by atoms with Crippen molar-refractivity contribution in [1.29, 1.82) is 0 Å². The van der Waals surface area contributed by atoms with E-state index in [2.05, 4.69) is 43.5 Å². The highest BCUT2D eigenvalue weighted by Gasteiger charge is 2.18. The van der Waals surface area contributed by atoms with Gasteiger partial charge in [-0.3, -0.25) is 9.59 Å². The summed E-state index contributed by atoms with van der Waals surface area (Å²) < 4.78 is 5.50. The average molecular weight is 1110 g/mol. The molecule has 2 unspecified atom stereocenters. The van der Waals surface area contributed by atoms with E-state index in [1.54, 1.807) is 6.08 Å². The zero-order chi connectivity index (χ0) is 57.1. The topological polar surface area (TPSA) is 95.9 Å². The first-order valence-electron chi connectivity index (χ1n) is 35.8. The fourth-order valence-electron chi connectivity index (χ4n) is 11.2. The van der Waals surface area contributed by atoms with Crippen LogP contribution in [-0.4, -0.2) is 47.4 Å². The number of unbranched alkanes of at least 4 members (excludes halogenated alkanes) is 52. The molecule has 0 aliphatic rings. The van der Waals surface area contributed by atoms with Crippen LogP contribution in [-0.2, 0) is 14.3 Å². The van der Waals surface area contributed by atoms with Crippen molar-refractivity contribution in [2.45, 2.75) is 405 Å². The van der Waals surface area contributed by atoms with Gasteiger partial charge in [0.25, 0.3) is 0 Å². The Bertz CT molecular complexity index is 1280. The van der Waals surface area contributed by atoms with Crippen LogP contribution in [0.15, 0.2) is 36.5 Å². The number of carbonyl (C=O) groups excluding carboxylic acids is 2. The summed E-state index contributed by atoms with van der Waals surface area (Å²) >= 11 is 0. The summed E-state index contributed by atoms with van der Waals surface area (Å²) in [6, 6.07) is -0.634. The highest BCUT2D eigenvalue weighted by Crippen LogP contribution is 2.18. The Hall–Kier alpha value is -1.92. The number of rotatable bonds is 67. The quantitative estimate of drug-likeness (QED) is 0.0320. The van der Waals surface area contributed by atoms with Crippen LogP contribution in [0.5, 0.6) is 0 Å². The van der Waals surface area contributed by atoms with Gasteiger partial charge in [0, 0.05) is 12.8 Å². The summed E-state index contributed by atoms with van der Waals surface area (Å²) in [5, 5.41) is 23.2. The third-order valence-electron chi connectivity index (χ3n) is 16.7. The number of allylic oxidation sites excluding steroid dienone is 5. The molecular formula is C73H139NO5. The zero-order valence-electron chi connectivity index (χ0n) is 53.4. The molecule has 3 N–H and O–H groups in total. The van der Waals surface area contributed by atoms with Crippen LogP contribution in [0.25, 0.3) is 0 Å². The third kappa shape index (κ3) is 65.1. The Balaban J connectivity index is 3.45. The van der Waals surface area contributed by atoms with Crippen molar-refractivity contribution in [3.05, 3.63) is 36.5 Å². The lowest BCUT2D eigenvalue weighted by atomic mass is 10.0. The lowest BCUT2D eigenvalue weighted by Gasteiger charge is -2.20. The maximum atomic E-state index is 12.5. The minimum Gasteiger partial charge on any atom is -0.466 e. The number of aliphatic hydroxyl groups excluding tert-OH is 2. The van der Waals surface area contributed by atoms with Gasteiger partial charge < -0.3 is 20.3 Å². The van der Waals surface area contributed by atoms with Crippen molar-refractivity contribution in [3.63, 3.8) is 0 Å². The minimum atomic E-state index is -0.850. The molecule has 0 radical (unpaired) electrons. The van der Waals surface area contributed by atoms with E-state index in [9.17, 15) is 19.8 Å². The summed E-state index contributed by atoms with van der Waals surface area (Å²) in [6.07, 6.45) is 87.9. The second-order valence-corrected chi connectivity index (χ2v) is 24.6. The molecule has 1 amide bonds. The van der Waals surface area contributed by atoms with Crippen LogP contribution in [0.3, 0.4) is 0 Å². The summed E-state index contributed by atoms with van der Waals surface area (Å²) in [5.41, 5.74) is 0. The van der Waals surface area contributed by atoms with Gasteiger partial charge in [0.15, 0.2) is 0 Å². The molecule has 0 fully saturated rings. The molecule has 0 aromatic heterocycles. The minimum absolute atomic E-state index is 0.0126. The molecule has 0 spiro atoms. The van der Waals surface area contributed by atoms with Gasteiger partial charge in [-0.1, -0.05) is 352 Å². The Morgan fingerprint density at radius 3 is 0.962 bits per heavy atom. The summed E-state index contributed by atoms with van der Waals surface area (Å²) in [6.45, 7) is 4.94. The number of esters is 1. The first kappa shape index (κ1) is 77.1. The van der Waals surface area contributed by atoms with E-state index >= 15 is 0 Å². The van der Waals surface area contributed by atoms with Crippen LogP contribution in [0.4, 0.5) is 0 Å². The molecule has 466 valence electrons. The summed E-state index contributed by atoms with van der Waals surface area (Å²) in [7, 11) is 0. The number of hydrogen-bond acceptors (Lipinski definition) is 5. The van der Waals surface area contributed by atoms with Crippen LogP contribution in [0.2, 0.25) is 0 Å². The van der Waals surface area contributed by atoms with E-state index in [0.29, 0.717) is 19.4 Å². The van der Waals surface area contributed by atoms with Crippen molar-refractivity contribution in [3.8, 4) is 0 Å². The van der Waals surface area contributed by atoms with Crippen molar-refractivity contribution < 1.29 is 24.5 Å². The molecule has 0 aromatic rings. The molecular weight excluding hydrogens is 971 g/mol. The smallest absolute Gasteiger partial charge is 0.305 e. The van der Waals surface area contributed by atoms with Crippen LogP contribution < -0.4 is 5.32 Å². The van der Waals surface area contributed by atoms with Crippen LogP contribution >= 0.6 is 0 Å². The number of carbonyl (C=O) groups is 2. The molecule has 0 rings (SSSR count). The first-order chi connectivity index (χ1) is 39.0. The number of amides is 1. The van der Waals surface area contributed by atoms with Gasteiger partial charge in [-0.15, -0.1) is 0 Å². The third-order valence-corrected chi connectivity index (χ3v) is 16.7. The molecule has 0 saturated carbocycles. The second-order valence-electron chi connectivity index (χ2n) is 24.6. The molecule has 0 aromatic carbocycles. The maximum absolute atomic E-state index is 12.5. The van der Waals surface area contributed by atoms with Crippen LogP contribution in [0, 0.1) is 0 Å². The van der Waals surface area contributed by atoms with Gasteiger partial charge >= 0.3 is 5.97 Å². The van der Waals surface area contributed by atoms with E-state index in [1.807, 2.05) is 6.08 Å². The normalized spacial score (nSPS) is 12.7. The maximum Gasteiger partial charge on any atom is 0.305 e. The predicted octanol–water partition coefficient (Wildman–Crippen LogP) is 23.1. The largest absolute Gasteiger partial charge is 0.466 e. The Kier molecular flexibility index (Phi) is 66.9. The standard InChI is InChI=1S/C73H139NO5/c1-3-5-7-9-11-13-15-17-19-21-22-28-31-34-37-41-45-49-53-57-61-65-71(76)70(69-75)74-72(77)66-62-58-54-50-46-42-38-35-32-29-26-24-23-25-27-30-33-36-40-44-48-52-56-60-64-68-79-73(78)67-63-59-55-51-47-43-39-20-18-16-14-12-10-8-6-4-2/h24-27,61,65,70-71,75-76H,3-23,28-60,62-64,66-69H2,1-2H3,(H,74,77)/b26-24-,27-25-,65-61+. The van der Waals surface area contributed by atoms with Gasteiger partial charge in [-0.05, 0) is 64.2 Å². The Morgan fingerprint density at radius 2 is 0.633 bits per heavy atom. The first-order valence-corrected chi connectivity index (χ1v) is 35.8. The van der Waals surface area contributed by atoms with Crippen molar-refractivity contribution in [2.75, 3.05) is 13.2 Å². The Morgan fingerprint density at radius 1 is 0.354 bits per heavy atom. The van der Waals surface area contributed by atoms with Gasteiger partial charge in [-0.2, -0.15) is 0 Å². The van der Waals surface area contributed by atoms with E-state index in [1.165, 1.54) is 321 Å². The highest BCUT2D eigenvalue weighted by atomic mass is 16.5. The van der Waals surface area contributed by atoms with Crippen molar-refractivity contribution in [2.24, 2.45) is 0 Å². The lowest BCUT2D eigenvalue weighted by molar-refractivity contribution is -0.143. The van der Waals surface area contributed by atoms with Gasteiger partial charge in [0.05, 0.1) is 25.4 Å². The SMILES string of the molecule is CCCCCCCCCCCCCCCCCCCCC/C=C/C(O)C(CO)NC(=O)CCCCCCCCCCC/C=C\C/C=C\CCCCCCCCCCCOC(=O)CCCCCCCCCCCCCCCCCC. The number of hydrogen-bond donors (Lipinski definition) is 3. The molecule has 2 atom stereocenters. The number of ether oxygens (including phenoxy) is 1. The molecule has 0 saturated heterocycles. The average Bonchev–Trinajstić information content (AvgIpc) is 3.45. The van der Waals surface area contributed by atoms with E-state index in [0.717, 1.165) is 44.9 Å². The summed E-state index contributed by atoms with van der Waals surface area (Å²) in [5.74, 6) is -0.0580. The number of aliphatic hydroxyl groups is 2. The summed E-state index contributed by atoms with van der Waals surface area (Å²) in [4.78, 5) is 24.6. The Labute approximate surface area is 494 Å².